The smallest absolute Gasteiger partial charge is 0.221 e. The van der Waals surface area contributed by atoms with E-state index >= 15 is 0 Å². The maximum Gasteiger partial charge on any atom is 0.221 e. The molecule has 0 saturated carbocycles. The second-order valence-corrected chi connectivity index (χ2v) is 5.19. The van der Waals surface area contributed by atoms with Gasteiger partial charge in [-0.2, -0.15) is 0 Å². The molecule has 0 radical (unpaired) electrons. The molecule has 0 aliphatic heterocycles. The Bertz CT molecular complexity index is 448. The number of carbonyl (C=O) groups excluding carboxylic acids is 2. The number of nitrogens with one attached hydrogen (secondary N) is 1. The summed E-state index contributed by atoms with van der Waals surface area (Å²) >= 11 is 0. The standard InChI is InChI=1S/C17H26N2O3/c1-15(20)19(12-6-14-22-2)13-10-17(21)18-11-9-16-7-4-3-5-8-16/h3-5,7-8H,6,9-14H2,1-2H3,(H,18,21). The molecule has 0 spiro atoms. The molecule has 5 nitrogen and oxygen atoms in total. The van der Waals surface area contributed by atoms with Crippen LogP contribution < -0.4 is 5.32 Å². The van der Waals surface area contributed by atoms with Gasteiger partial charge in [0.15, 0.2) is 0 Å². The van der Waals surface area contributed by atoms with Crippen LogP contribution in [0, 0.1) is 0 Å². The van der Waals surface area contributed by atoms with Gasteiger partial charge in [0.25, 0.3) is 0 Å². The molecule has 1 rings (SSSR count). The summed E-state index contributed by atoms with van der Waals surface area (Å²) < 4.78 is 4.98. The van der Waals surface area contributed by atoms with Crippen molar-refractivity contribution in [2.75, 3.05) is 33.4 Å². The Morgan fingerprint density at radius 1 is 1.18 bits per heavy atom. The molecule has 22 heavy (non-hydrogen) atoms. The number of hydrogen-bond donors (Lipinski definition) is 1. The largest absolute Gasteiger partial charge is 0.385 e. The van der Waals surface area contributed by atoms with Gasteiger partial charge in [-0.1, -0.05) is 30.3 Å². The van der Waals surface area contributed by atoms with Gasteiger partial charge >= 0.3 is 0 Å². The molecular formula is C17H26N2O3. The molecule has 2 amide bonds. The highest BCUT2D eigenvalue weighted by molar-refractivity contribution is 5.78. The number of benzene rings is 1. The van der Waals surface area contributed by atoms with E-state index in [0.717, 1.165) is 12.8 Å². The van der Waals surface area contributed by atoms with Crippen LogP contribution in [0.15, 0.2) is 30.3 Å². The van der Waals surface area contributed by atoms with E-state index in [1.54, 1.807) is 12.0 Å². The first kappa shape index (κ1) is 18.2. The maximum atomic E-state index is 11.8. The van der Waals surface area contributed by atoms with Crippen LogP contribution in [-0.4, -0.2) is 50.1 Å². The van der Waals surface area contributed by atoms with Gasteiger partial charge < -0.3 is 15.0 Å². The molecule has 0 aromatic heterocycles. The Balaban J connectivity index is 2.21. The zero-order valence-corrected chi connectivity index (χ0v) is 13.5. The Morgan fingerprint density at radius 3 is 2.55 bits per heavy atom. The topological polar surface area (TPSA) is 58.6 Å². The molecule has 0 saturated heterocycles. The van der Waals surface area contributed by atoms with E-state index in [9.17, 15) is 9.59 Å². The van der Waals surface area contributed by atoms with E-state index in [1.165, 1.54) is 12.5 Å². The average molecular weight is 306 g/mol. The minimum atomic E-state index is -0.0195. The van der Waals surface area contributed by atoms with Crippen molar-refractivity contribution < 1.29 is 14.3 Å². The summed E-state index contributed by atoms with van der Waals surface area (Å²) in [5.74, 6) is -0.0258. The Kier molecular flexibility index (Phi) is 8.91. The third-order valence-electron chi connectivity index (χ3n) is 3.41. The van der Waals surface area contributed by atoms with E-state index < -0.39 is 0 Å². The molecule has 0 fully saturated rings. The Hall–Kier alpha value is -1.88. The second kappa shape index (κ2) is 10.8. The van der Waals surface area contributed by atoms with Crippen molar-refractivity contribution in [3.63, 3.8) is 0 Å². The molecule has 0 atom stereocenters. The summed E-state index contributed by atoms with van der Waals surface area (Å²) in [5, 5.41) is 2.89. The average Bonchev–Trinajstić information content (AvgIpc) is 2.51. The molecule has 0 aliphatic rings. The van der Waals surface area contributed by atoms with Gasteiger partial charge in [0.05, 0.1) is 0 Å². The minimum absolute atomic E-state index is 0.00631. The van der Waals surface area contributed by atoms with Gasteiger partial charge in [-0.15, -0.1) is 0 Å². The number of amides is 2. The molecule has 1 aromatic carbocycles. The van der Waals surface area contributed by atoms with E-state index in [1.807, 2.05) is 30.3 Å². The van der Waals surface area contributed by atoms with Crippen molar-refractivity contribution in [2.45, 2.75) is 26.2 Å². The summed E-state index contributed by atoms with van der Waals surface area (Å²) in [4.78, 5) is 25.0. The van der Waals surface area contributed by atoms with Gasteiger partial charge in [0.2, 0.25) is 11.8 Å². The highest BCUT2D eigenvalue weighted by Gasteiger charge is 2.10. The van der Waals surface area contributed by atoms with E-state index in [2.05, 4.69) is 5.32 Å². The lowest BCUT2D eigenvalue weighted by atomic mass is 10.1. The van der Waals surface area contributed by atoms with E-state index in [4.69, 9.17) is 4.74 Å². The summed E-state index contributed by atoms with van der Waals surface area (Å²) in [6, 6.07) is 10.0. The third-order valence-corrected chi connectivity index (χ3v) is 3.41. The van der Waals surface area contributed by atoms with Crippen molar-refractivity contribution in [3.05, 3.63) is 35.9 Å². The first-order valence-electron chi connectivity index (χ1n) is 7.68. The summed E-state index contributed by atoms with van der Waals surface area (Å²) in [7, 11) is 1.64. The number of rotatable bonds is 10. The number of ether oxygens (including phenoxy) is 1. The number of nitrogens with zero attached hydrogens (tertiary/aromatic N) is 1. The Morgan fingerprint density at radius 2 is 1.91 bits per heavy atom. The normalized spacial score (nSPS) is 10.3. The molecule has 0 heterocycles. The fraction of sp³-hybridized carbons (Fsp3) is 0.529. The molecule has 0 unspecified atom stereocenters. The van der Waals surface area contributed by atoms with Gasteiger partial charge in [-0.3, -0.25) is 9.59 Å². The lowest BCUT2D eigenvalue weighted by Crippen LogP contribution is -2.35. The van der Waals surface area contributed by atoms with Gasteiger partial charge in [0, 0.05) is 46.7 Å². The third kappa shape index (κ3) is 7.78. The van der Waals surface area contributed by atoms with Crippen molar-refractivity contribution in [2.24, 2.45) is 0 Å². The van der Waals surface area contributed by atoms with Gasteiger partial charge in [-0.25, -0.2) is 0 Å². The van der Waals surface area contributed by atoms with Crippen LogP contribution in [0.2, 0.25) is 0 Å². The molecule has 1 N–H and O–H groups in total. The summed E-state index contributed by atoms with van der Waals surface area (Å²) in [6.07, 6.45) is 1.93. The summed E-state index contributed by atoms with van der Waals surface area (Å²) in [5.41, 5.74) is 1.20. The van der Waals surface area contributed by atoms with Crippen LogP contribution in [0.1, 0.15) is 25.3 Å². The molecule has 5 heteroatoms. The van der Waals surface area contributed by atoms with E-state index in [-0.39, 0.29) is 11.8 Å². The first-order chi connectivity index (χ1) is 10.6. The van der Waals surface area contributed by atoms with Crippen molar-refractivity contribution in [1.29, 1.82) is 0 Å². The van der Waals surface area contributed by atoms with Gasteiger partial charge in [0.1, 0.15) is 0 Å². The first-order valence-corrected chi connectivity index (χ1v) is 7.68. The number of carbonyl (C=O) groups is 2. The highest BCUT2D eigenvalue weighted by Crippen LogP contribution is 1.99. The number of hydrogen-bond acceptors (Lipinski definition) is 3. The van der Waals surface area contributed by atoms with E-state index in [0.29, 0.717) is 32.7 Å². The van der Waals surface area contributed by atoms with Crippen LogP contribution in [0.4, 0.5) is 0 Å². The van der Waals surface area contributed by atoms with Gasteiger partial charge in [-0.05, 0) is 18.4 Å². The van der Waals surface area contributed by atoms with Crippen molar-refractivity contribution >= 4 is 11.8 Å². The maximum absolute atomic E-state index is 11.8. The molecule has 0 aliphatic carbocycles. The zero-order chi connectivity index (χ0) is 16.2. The van der Waals surface area contributed by atoms with Crippen LogP contribution in [-0.2, 0) is 20.7 Å². The Labute approximate surface area is 132 Å². The predicted molar refractivity (Wildman–Crippen MR) is 86.5 cm³/mol. The minimum Gasteiger partial charge on any atom is -0.385 e. The number of methoxy groups -OCH3 is 1. The zero-order valence-electron chi connectivity index (χ0n) is 13.5. The van der Waals surface area contributed by atoms with Crippen LogP contribution >= 0.6 is 0 Å². The van der Waals surface area contributed by atoms with Crippen LogP contribution in [0.5, 0.6) is 0 Å². The monoisotopic (exact) mass is 306 g/mol. The van der Waals surface area contributed by atoms with Crippen molar-refractivity contribution in [1.82, 2.24) is 10.2 Å². The molecule has 1 aromatic rings. The van der Waals surface area contributed by atoms with Crippen molar-refractivity contribution in [3.8, 4) is 0 Å². The second-order valence-electron chi connectivity index (χ2n) is 5.19. The lowest BCUT2D eigenvalue weighted by molar-refractivity contribution is -0.129. The molecular weight excluding hydrogens is 280 g/mol. The lowest BCUT2D eigenvalue weighted by Gasteiger charge is -2.20. The van der Waals surface area contributed by atoms with Crippen LogP contribution in [0.3, 0.4) is 0 Å². The fourth-order valence-electron chi connectivity index (χ4n) is 2.14. The summed E-state index contributed by atoms with van der Waals surface area (Å²) in [6.45, 7) is 3.84. The SMILES string of the molecule is COCCCN(CCC(=O)NCCc1ccccc1)C(C)=O. The molecule has 122 valence electrons. The highest BCUT2D eigenvalue weighted by atomic mass is 16.5. The van der Waals surface area contributed by atoms with Crippen LogP contribution in [0.25, 0.3) is 0 Å². The predicted octanol–water partition coefficient (Wildman–Crippen LogP) is 1.62. The fourth-order valence-corrected chi connectivity index (χ4v) is 2.14. The quantitative estimate of drug-likeness (QED) is 0.668. The molecule has 0 bridgehead atoms.